The number of hydrogen-bond acceptors (Lipinski definition) is 1. The van der Waals surface area contributed by atoms with Crippen molar-refractivity contribution in [3.05, 3.63) is 96.6 Å². The molecule has 1 nitrogen and oxygen atoms in total. The van der Waals surface area contributed by atoms with E-state index in [1.54, 1.807) is 0 Å². The van der Waals surface area contributed by atoms with E-state index in [0.29, 0.717) is 6.61 Å². The lowest BCUT2D eigenvalue weighted by Crippen LogP contribution is -2.66. The van der Waals surface area contributed by atoms with Crippen molar-refractivity contribution < 1.29 is 4.43 Å². The van der Waals surface area contributed by atoms with Gasteiger partial charge in [0.2, 0.25) is 0 Å². The summed E-state index contributed by atoms with van der Waals surface area (Å²) in [5, 5.41) is 2.60. The van der Waals surface area contributed by atoms with Crippen LogP contribution >= 0.6 is 0 Å². The maximum Gasteiger partial charge on any atom is 0.261 e. The van der Waals surface area contributed by atoms with Crippen LogP contribution in [0.3, 0.4) is 0 Å². The van der Waals surface area contributed by atoms with Crippen molar-refractivity contribution in [2.24, 2.45) is 5.92 Å². The van der Waals surface area contributed by atoms with Crippen molar-refractivity contribution >= 4 is 18.7 Å². The first kappa shape index (κ1) is 22.1. The van der Waals surface area contributed by atoms with Crippen molar-refractivity contribution in [3.63, 3.8) is 0 Å². The Balaban J connectivity index is 2.00. The molecule has 0 unspecified atom stereocenters. The van der Waals surface area contributed by atoms with Crippen LogP contribution in [0, 0.1) is 17.8 Å². The second kappa shape index (κ2) is 9.94. The van der Waals surface area contributed by atoms with Gasteiger partial charge in [0, 0.05) is 12.5 Å². The Kier molecular flexibility index (Phi) is 7.32. The van der Waals surface area contributed by atoms with E-state index in [9.17, 15) is 0 Å². The molecule has 0 bridgehead atoms. The van der Waals surface area contributed by atoms with E-state index in [4.69, 9.17) is 4.43 Å². The average Bonchev–Trinajstić information content (AvgIpc) is 2.75. The summed E-state index contributed by atoms with van der Waals surface area (Å²) in [4.78, 5) is 0. The van der Waals surface area contributed by atoms with Gasteiger partial charge >= 0.3 is 0 Å². The monoisotopic (exact) mass is 412 g/mol. The van der Waals surface area contributed by atoms with Crippen LogP contribution in [0.1, 0.15) is 33.3 Å². The highest BCUT2D eigenvalue weighted by Crippen LogP contribution is 2.37. The van der Waals surface area contributed by atoms with Crippen LogP contribution in [0.4, 0.5) is 0 Å². The first-order valence-corrected chi connectivity index (χ1v) is 12.6. The lowest BCUT2D eigenvalue weighted by atomic mass is 10.0. The Labute approximate surface area is 183 Å². The molecule has 0 aromatic heterocycles. The molecule has 3 aromatic carbocycles. The Morgan fingerprint density at radius 2 is 1.23 bits per heavy atom. The molecule has 3 aromatic rings. The van der Waals surface area contributed by atoms with Crippen LogP contribution < -0.4 is 10.4 Å². The van der Waals surface area contributed by atoms with Crippen molar-refractivity contribution in [3.8, 4) is 11.8 Å². The lowest BCUT2D eigenvalue weighted by Gasteiger charge is -2.43. The van der Waals surface area contributed by atoms with Crippen LogP contribution in [0.15, 0.2) is 91.0 Å². The molecule has 0 spiro atoms. The van der Waals surface area contributed by atoms with Crippen LogP contribution in [0.2, 0.25) is 5.04 Å². The summed E-state index contributed by atoms with van der Waals surface area (Å²) in [6.07, 6.45) is 0.903. The Bertz CT molecular complexity index is 924. The molecule has 2 heteroatoms. The van der Waals surface area contributed by atoms with Gasteiger partial charge in [0.25, 0.3) is 8.32 Å². The van der Waals surface area contributed by atoms with Crippen LogP contribution in [0.5, 0.6) is 0 Å². The third-order valence-corrected chi connectivity index (χ3v) is 10.6. The van der Waals surface area contributed by atoms with E-state index in [0.717, 1.165) is 6.42 Å². The molecule has 0 aliphatic carbocycles. The second-order valence-electron chi connectivity index (χ2n) is 8.76. The number of benzene rings is 3. The van der Waals surface area contributed by atoms with Gasteiger partial charge in [-0.1, -0.05) is 118 Å². The van der Waals surface area contributed by atoms with Gasteiger partial charge in [0.15, 0.2) is 0 Å². The first-order valence-electron chi connectivity index (χ1n) is 10.7. The van der Waals surface area contributed by atoms with Crippen molar-refractivity contribution in [2.45, 2.75) is 39.2 Å². The fourth-order valence-electron chi connectivity index (χ4n) is 4.24. The minimum absolute atomic E-state index is 0.0212. The van der Waals surface area contributed by atoms with Crippen molar-refractivity contribution in [1.82, 2.24) is 0 Å². The maximum absolute atomic E-state index is 7.09. The summed E-state index contributed by atoms with van der Waals surface area (Å²) in [5.41, 5.74) is 1.30. The highest BCUT2D eigenvalue weighted by atomic mass is 28.4. The third kappa shape index (κ3) is 4.93. The normalized spacial score (nSPS) is 12.7. The van der Waals surface area contributed by atoms with E-state index in [-0.39, 0.29) is 11.0 Å². The summed E-state index contributed by atoms with van der Waals surface area (Å²) in [6, 6.07) is 32.2. The molecule has 30 heavy (non-hydrogen) atoms. The summed E-state index contributed by atoms with van der Waals surface area (Å²) in [7, 11) is -2.53. The Morgan fingerprint density at radius 3 is 1.67 bits per heavy atom. The highest BCUT2D eigenvalue weighted by Gasteiger charge is 2.50. The van der Waals surface area contributed by atoms with Crippen LogP contribution in [0.25, 0.3) is 0 Å². The second-order valence-corrected chi connectivity index (χ2v) is 13.1. The van der Waals surface area contributed by atoms with Gasteiger partial charge < -0.3 is 4.43 Å². The Hall–Kier alpha value is -2.60. The molecule has 0 saturated carbocycles. The molecule has 0 aliphatic heterocycles. The van der Waals surface area contributed by atoms with Crippen LogP contribution in [-0.4, -0.2) is 14.9 Å². The first-order chi connectivity index (χ1) is 14.5. The van der Waals surface area contributed by atoms with E-state index >= 15 is 0 Å². The molecule has 0 saturated heterocycles. The fraction of sp³-hybridized carbons (Fsp3) is 0.286. The van der Waals surface area contributed by atoms with E-state index in [1.165, 1.54) is 15.9 Å². The fourth-order valence-corrected chi connectivity index (χ4v) is 8.85. The van der Waals surface area contributed by atoms with E-state index < -0.39 is 8.32 Å². The molecule has 0 radical (unpaired) electrons. The molecule has 0 aliphatic rings. The van der Waals surface area contributed by atoms with Gasteiger partial charge in [0.1, 0.15) is 0 Å². The van der Waals surface area contributed by atoms with Crippen molar-refractivity contribution in [1.29, 1.82) is 0 Å². The largest absolute Gasteiger partial charge is 0.406 e. The highest BCUT2D eigenvalue weighted by molar-refractivity contribution is 6.99. The van der Waals surface area contributed by atoms with Crippen molar-refractivity contribution in [2.75, 3.05) is 6.61 Å². The molecule has 3 rings (SSSR count). The minimum atomic E-state index is -2.53. The molecule has 0 fully saturated rings. The molecule has 0 amide bonds. The van der Waals surface area contributed by atoms with E-state index in [2.05, 4.69) is 124 Å². The standard InChI is InChI=1S/C28H32OSi/c1-5-15-25(22-24-16-9-6-10-17-24)23-29-30(28(2,3)4,26-18-11-7-12-19-26)27-20-13-8-14-21-27/h6-14,16-21,25H,22-23H2,1-4H3/t25-/m1/s1. The van der Waals surface area contributed by atoms with Gasteiger partial charge in [-0.15, -0.1) is 5.92 Å². The average molecular weight is 413 g/mol. The lowest BCUT2D eigenvalue weighted by molar-refractivity contribution is 0.263. The SMILES string of the molecule is CC#C[C@@H](CO[Si](c1ccccc1)(c1ccccc1)C(C)(C)C)Cc1ccccc1. The summed E-state index contributed by atoms with van der Waals surface area (Å²) < 4.78 is 7.09. The van der Waals surface area contributed by atoms with E-state index in [1.807, 2.05) is 6.92 Å². The predicted octanol–water partition coefficient (Wildman–Crippen LogP) is 5.45. The van der Waals surface area contributed by atoms with Crippen LogP contribution in [-0.2, 0) is 10.8 Å². The smallest absolute Gasteiger partial charge is 0.261 e. The summed E-state index contributed by atoms with van der Waals surface area (Å²) >= 11 is 0. The zero-order valence-electron chi connectivity index (χ0n) is 18.6. The summed E-state index contributed by atoms with van der Waals surface area (Å²) in [5.74, 6) is 6.70. The quantitative estimate of drug-likeness (QED) is 0.371. The molecule has 154 valence electrons. The molecule has 0 N–H and O–H groups in total. The molecule has 1 atom stereocenters. The third-order valence-electron chi connectivity index (χ3n) is 5.59. The van der Waals surface area contributed by atoms with Gasteiger partial charge in [-0.2, -0.15) is 0 Å². The molecular weight excluding hydrogens is 380 g/mol. The zero-order valence-corrected chi connectivity index (χ0v) is 19.6. The topological polar surface area (TPSA) is 9.23 Å². The van der Waals surface area contributed by atoms with Gasteiger partial charge in [-0.05, 0) is 34.3 Å². The summed E-state index contributed by atoms with van der Waals surface area (Å²) in [6.45, 7) is 9.49. The number of hydrogen-bond donors (Lipinski definition) is 0. The predicted molar refractivity (Wildman–Crippen MR) is 131 cm³/mol. The number of rotatable bonds is 7. The molecular formula is C28H32OSi. The zero-order chi connectivity index (χ0) is 21.5. The maximum atomic E-state index is 7.09. The Morgan fingerprint density at radius 1 is 0.767 bits per heavy atom. The van der Waals surface area contributed by atoms with Gasteiger partial charge in [0.05, 0.1) is 0 Å². The molecule has 0 heterocycles. The van der Waals surface area contributed by atoms with Gasteiger partial charge in [-0.25, -0.2) is 0 Å². The minimum Gasteiger partial charge on any atom is -0.406 e. The van der Waals surface area contributed by atoms with Gasteiger partial charge in [-0.3, -0.25) is 0 Å².